The van der Waals surface area contributed by atoms with E-state index in [1.165, 1.54) is 6.92 Å². The number of ether oxygens (including phenoxy) is 1. The Kier molecular flexibility index (Phi) is 4.42. The Hall–Kier alpha value is -2.37. The molecule has 6 heteroatoms. The predicted molar refractivity (Wildman–Crippen MR) is 63.8 cm³/mol. The van der Waals surface area contributed by atoms with Crippen LogP contribution in [0.3, 0.4) is 0 Å². The molecule has 1 rings (SSSR count). The number of esters is 1. The Morgan fingerprint density at radius 1 is 1.33 bits per heavy atom. The molecule has 0 saturated carbocycles. The number of nitrogens with two attached hydrogens (primary N) is 1. The van der Waals surface area contributed by atoms with E-state index in [9.17, 15) is 14.4 Å². The summed E-state index contributed by atoms with van der Waals surface area (Å²) in [6.45, 7) is 3.19. The molecule has 1 atom stereocenters. The first-order valence-electron chi connectivity index (χ1n) is 5.28. The summed E-state index contributed by atoms with van der Waals surface area (Å²) in [6, 6.07) is 5.77. The number of primary amides is 1. The summed E-state index contributed by atoms with van der Waals surface area (Å²) in [5.74, 6) is -1.39. The van der Waals surface area contributed by atoms with Crippen LogP contribution in [0.15, 0.2) is 24.3 Å². The molecule has 0 radical (unpaired) electrons. The third kappa shape index (κ3) is 3.89. The number of carbonyl (C=O) groups excluding carboxylic acids is 3. The highest BCUT2D eigenvalue weighted by Crippen LogP contribution is 2.07. The van der Waals surface area contributed by atoms with Gasteiger partial charge in [-0.15, -0.1) is 0 Å². The van der Waals surface area contributed by atoms with Crippen LogP contribution in [0.1, 0.15) is 22.8 Å². The lowest BCUT2D eigenvalue weighted by molar-refractivity contribution is -0.127. The van der Waals surface area contributed by atoms with E-state index in [1.807, 2.05) is 18.3 Å². The van der Waals surface area contributed by atoms with E-state index in [4.69, 9.17) is 10.5 Å². The maximum absolute atomic E-state index is 11.7. The second-order valence-corrected chi connectivity index (χ2v) is 3.77. The Morgan fingerprint density at radius 3 is 2.56 bits per heavy atom. The highest BCUT2D eigenvalue weighted by atomic mass is 16.5. The summed E-state index contributed by atoms with van der Waals surface area (Å²) in [5, 5.41) is 1.83. The van der Waals surface area contributed by atoms with Crippen molar-refractivity contribution >= 4 is 17.9 Å². The third-order valence-corrected chi connectivity index (χ3v) is 2.15. The maximum Gasteiger partial charge on any atom is 0.338 e. The normalized spacial score (nSPS) is 11.4. The van der Waals surface area contributed by atoms with Gasteiger partial charge in [0.15, 0.2) is 6.10 Å². The van der Waals surface area contributed by atoms with Crippen molar-refractivity contribution in [2.75, 3.05) is 0 Å². The molecule has 0 saturated heterocycles. The van der Waals surface area contributed by atoms with Crippen molar-refractivity contribution < 1.29 is 19.1 Å². The van der Waals surface area contributed by atoms with Crippen molar-refractivity contribution in [3.63, 3.8) is 0 Å². The highest BCUT2D eigenvalue weighted by Gasteiger charge is 2.19. The molecule has 0 aliphatic carbocycles. The largest absolute Gasteiger partial charge is 0.449 e. The molecule has 0 aliphatic rings. The summed E-state index contributed by atoms with van der Waals surface area (Å²) in [4.78, 5) is 33.4. The van der Waals surface area contributed by atoms with Gasteiger partial charge in [0.1, 0.15) is 0 Å². The van der Waals surface area contributed by atoms with Gasteiger partial charge >= 0.3 is 12.0 Å². The fourth-order valence-corrected chi connectivity index (χ4v) is 1.28. The van der Waals surface area contributed by atoms with Crippen LogP contribution in [0, 0.1) is 6.92 Å². The molecular formula is C12H14N2O4. The van der Waals surface area contributed by atoms with E-state index < -0.39 is 24.0 Å². The summed E-state index contributed by atoms with van der Waals surface area (Å²) in [6.07, 6.45) is -1.09. The average Bonchev–Trinajstić information content (AvgIpc) is 2.27. The molecule has 3 amide bonds. The van der Waals surface area contributed by atoms with Gasteiger partial charge in [-0.2, -0.15) is 0 Å². The van der Waals surface area contributed by atoms with E-state index in [0.717, 1.165) is 5.56 Å². The lowest BCUT2D eigenvalue weighted by Crippen LogP contribution is -2.42. The Morgan fingerprint density at radius 2 is 2.00 bits per heavy atom. The molecule has 0 unspecified atom stereocenters. The topological polar surface area (TPSA) is 98.5 Å². The smallest absolute Gasteiger partial charge is 0.338 e. The summed E-state index contributed by atoms with van der Waals surface area (Å²) in [7, 11) is 0. The van der Waals surface area contributed by atoms with E-state index in [-0.39, 0.29) is 0 Å². The van der Waals surface area contributed by atoms with Crippen molar-refractivity contribution in [1.82, 2.24) is 5.32 Å². The zero-order valence-electron chi connectivity index (χ0n) is 10.1. The lowest BCUT2D eigenvalue weighted by atomic mass is 10.1. The van der Waals surface area contributed by atoms with Gasteiger partial charge in [-0.3, -0.25) is 10.1 Å². The number of urea groups is 1. The van der Waals surface area contributed by atoms with Crippen LogP contribution in [-0.4, -0.2) is 24.0 Å². The average molecular weight is 250 g/mol. The Balaban J connectivity index is 2.65. The molecule has 96 valence electrons. The summed E-state index contributed by atoms with van der Waals surface area (Å²) in [5.41, 5.74) is 6.02. The fraction of sp³-hybridized carbons (Fsp3) is 0.250. The van der Waals surface area contributed by atoms with Crippen LogP contribution >= 0.6 is 0 Å². The van der Waals surface area contributed by atoms with Crippen molar-refractivity contribution in [3.8, 4) is 0 Å². The number of amides is 3. The molecular weight excluding hydrogens is 236 g/mol. The van der Waals surface area contributed by atoms with Crippen LogP contribution in [0.5, 0.6) is 0 Å². The van der Waals surface area contributed by atoms with Gasteiger partial charge in [0.25, 0.3) is 5.91 Å². The Bertz CT molecular complexity index is 485. The molecule has 1 aromatic carbocycles. The monoisotopic (exact) mass is 250 g/mol. The number of rotatable bonds is 3. The van der Waals surface area contributed by atoms with Crippen LogP contribution in [0.25, 0.3) is 0 Å². The molecule has 3 N–H and O–H groups in total. The number of carbonyl (C=O) groups is 3. The summed E-state index contributed by atoms with van der Waals surface area (Å²) < 4.78 is 4.90. The van der Waals surface area contributed by atoms with Gasteiger partial charge < -0.3 is 10.5 Å². The van der Waals surface area contributed by atoms with Crippen molar-refractivity contribution in [2.24, 2.45) is 5.73 Å². The first-order valence-corrected chi connectivity index (χ1v) is 5.28. The maximum atomic E-state index is 11.7. The number of benzene rings is 1. The van der Waals surface area contributed by atoms with E-state index in [1.54, 1.807) is 18.2 Å². The zero-order chi connectivity index (χ0) is 13.7. The molecule has 0 heterocycles. The number of aryl methyl sites for hydroxylation is 1. The van der Waals surface area contributed by atoms with Gasteiger partial charge in [0.2, 0.25) is 0 Å². The minimum Gasteiger partial charge on any atom is -0.449 e. The van der Waals surface area contributed by atoms with Crippen LogP contribution in [0.2, 0.25) is 0 Å². The van der Waals surface area contributed by atoms with Crippen LogP contribution in [0.4, 0.5) is 4.79 Å². The first-order chi connectivity index (χ1) is 8.40. The molecule has 0 fully saturated rings. The zero-order valence-corrected chi connectivity index (χ0v) is 10.1. The van der Waals surface area contributed by atoms with E-state index >= 15 is 0 Å². The van der Waals surface area contributed by atoms with Crippen molar-refractivity contribution in [3.05, 3.63) is 35.4 Å². The molecule has 18 heavy (non-hydrogen) atoms. The van der Waals surface area contributed by atoms with Crippen LogP contribution < -0.4 is 11.1 Å². The van der Waals surface area contributed by atoms with Gasteiger partial charge in [-0.05, 0) is 26.0 Å². The first kappa shape index (κ1) is 13.7. The quantitative estimate of drug-likeness (QED) is 0.773. The van der Waals surface area contributed by atoms with Crippen molar-refractivity contribution in [1.29, 1.82) is 0 Å². The van der Waals surface area contributed by atoms with Gasteiger partial charge in [0, 0.05) is 0 Å². The lowest BCUT2D eigenvalue weighted by Gasteiger charge is -2.12. The van der Waals surface area contributed by atoms with E-state index in [2.05, 4.69) is 0 Å². The SMILES string of the molecule is Cc1cccc(C(=O)O[C@@H](C)C(=O)NC(N)=O)c1. The third-order valence-electron chi connectivity index (χ3n) is 2.15. The molecule has 0 bridgehead atoms. The minimum absolute atomic E-state index is 0.341. The molecule has 0 aromatic heterocycles. The van der Waals surface area contributed by atoms with Crippen LogP contribution in [-0.2, 0) is 9.53 Å². The molecule has 1 aromatic rings. The number of hydrogen-bond donors (Lipinski definition) is 2. The number of hydrogen-bond acceptors (Lipinski definition) is 4. The molecule has 0 aliphatic heterocycles. The van der Waals surface area contributed by atoms with Gasteiger partial charge in [-0.1, -0.05) is 17.7 Å². The van der Waals surface area contributed by atoms with E-state index in [0.29, 0.717) is 5.56 Å². The van der Waals surface area contributed by atoms with Crippen molar-refractivity contribution in [2.45, 2.75) is 20.0 Å². The fourth-order valence-electron chi connectivity index (χ4n) is 1.28. The predicted octanol–water partition coefficient (Wildman–Crippen LogP) is 0.735. The Labute approximate surface area is 104 Å². The standard InChI is InChI=1S/C12H14N2O4/c1-7-4-3-5-9(6-7)11(16)18-8(2)10(15)14-12(13)17/h3-6,8H,1-2H3,(H3,13,14,15,17)/t8-/m0/s1. The highest BCUT2D eigenvalue weighted by molar-refractivity contribution is 5.98. The molecule has 0 spiro atoms. The number of imide groups is 1. The summed E-state index contributed by atoms with van der Waals surface area (Å²) >= 11 is 0. The number of nitrogens with one attached hydrogen (secondary N) is 1. The minimum atomic E-state index is -1.09. The second kappa shape index (κ2) is 5.81. The van der Waals surface area contributed by atoms with Gasteiger partial charge in [0.05, 0.1) is 5.56 Å². The molecule has 6 nitrogen and oxygen atoms in total. The second-order valence-electron chi connectivity index (χ2n) is 3.77. The van der Waals surface area contributed by atoms with Gasteiger partial charge in [-0.25, -0.2) is 9.59 Å².